The fourth-order valence-electron chi connectivity index (χ4n) is 5.80. The van der Waals surface area contributed by atoms with Crippen LogP contribution in [-0.4, -0.2) is 19.9 Å². The molecule has 6 aromatic carbocycles. The molecule has 0 aliphatic heterocycles. The summed E-state index contributed by atoms with van der Waals surface area (Å²) in [6, 6.07) is 56.1. The van der Waals surface area contributed by atoms with E-state index >= 15 is 0 Å². The highest BCUT2D eigenvalue weighted by atomic mass is 15.0. The highest BCUT2D eigenvalue weighted by molar-refractivity contribution is 5.86. The van der Waals surface area contributed by atoms with Gasteiger partial charge in [0.1, 0.15) is 0 Å². The Bertz CT molecular complexity index is 2300. The fraction of sp³-hybridized carbons (Fsp3) is 0. The largest absolute Gasteiger partial charge is 0.256 e. The van der Waals surface area contributed by atoms with E-state index in [-0.39, 0.29) is 0 Å². The van der Waals surface area contributed by atoms with Crippen LogP contribution in [0.2, 0.25) is 0 Å². The van der Waals surface area contributed by atoms with E-state index in [0.29, 0.717) is 17.5 Å². The van der Waals surface area contributed by atoms with Crippen LogP contribution in [0.5, 0.6) is 0 Å². The molecule has 0 fully saturated rings. The van der Waals surface area contributed by atoms with Crippen LogP contribution in [-0.2, 0) is 0 Å². The Morgan fingerprint density at radius 3 is 1.59 bits per heavy atom. The first-order valence-electron chi connectivity index (χ1n) is 15.3. The van der Waals surface area contributed by atoms with Crippen molar-refractivity contribution in [1.29, 1.82) is 0 Å². The second-order valence-electron chi connectivity index (χ2n) is 11.2. The van der Waals surface area contributed by atoms with Gasteiger partial charge in [-0.1, -0.05) is 152 Å². The summed E-state index contributed by atoms with van der Waals surface area (Å²) in [5.41, 5.74) is 9.17. The molecule has 0 spiro atoms. The molecule has 0 aliphatic rings. The first kappa shape index (κ1) is 27.3. The molecule has 0 saturated carbocycles. The van der Waals surface area contributed by atoms with Crippen LogP contribution < -0.4 is 0 Å². The quantitative estimate of drug-likeness (QED) is 0.194. The van der Waals surface area contributed by atoms with Gasteiger partial charge in [-0.25, -0.2) is 15.0 Å². The van der Waals surface area contributed by atoms with Crippen LogP contribution >= 0.6 is 0 Å². The number of rotatable bonds is 6. The average Bonchev–Trinajstić information content (AvgIpc) is 3.15. The number of benzene rings is 6. The first-order chi connectivity index (χ1) is 22.8. The van der Waals surface area contributed by atoms with E-state index < -0.39 is 0 Å². The van der Waals surface area contributed by atoms with E-state index in [1.165, 1.54) is 5.56 Å². The summed E-state index contributed by atoms with van der Waals surface area (Å²) >= 11 is 0. The lowest BCUT2D eigenvalue weighted by molar-refractivity contribution is 1.07. The van der Waals surface area contributed by atoms with E-state index in [1.54, 1.807) is 0 Å². The third-order valence-corrected chi connectivity index (χ3v) is 8.19. The maximum Gasteiger partial charge on any atom is 0.164 e. The topological polar surface area (TPSA) is 51.6 Å². The second-order valence-corrected chi connectivity index (χ2v) is 11.2. The lowest BCUT2D eigenvalue weighted by atomic mass is 9.99. The molecule has 0 atom stereocenters. The van der Waals surface area contributed by atoms with E-state index in [9.17, 15) is 0 Å². The van der Waals surface area contributed by atoms with Crippen molar-refractivity contribution in [2.45, 2.75) is 0 Å². The van der Waals surface area contributed by atoms with Crippen molar-refractivity contribution < 1.29 is 0 Å². The van der Waals surface area contributed by atoms with Crippen LogP contribution in [0.3, 0.4) is 0 Å². The Morgan fingerprint density at radius 2 is 0.826 bits per heavy atom. The average molecular weight is 589 g/mol. The van der Waals surface area contributed by atoms with Crippen molar-refractivity contribution in [2.75, 3.05) is 0 Å². The molecular formula is C42H28N4. The molecule has 0 unspecified atom stereocenters. The lowest BCUT2D eigenvalue weighted by Crippen LogP contribution is -2.01. The molecule has 8 aromatic rings. The third kappa shape index (κ3) is 5.44. The minimum atomic E-state index is 0.609. The zero-order chi connectivity index (χ0) is 30.7. The molecule has 2 heterocycles. The van der Waals surface area contributed by atoms with Gasteiger partial charge in [-0.3, -0.25) is 4.98 Å². The fourth-order valence-corrected chi connectivity index (χ4v) is 5.80. The Kier molecular flexibility index (Phi) is 7.14. The van der Waals surface area contributed by atoms with E-state index in [1.807, 2.05) is 36.5 Å². The third-order valence-electron chi connectivity index (χ3n) is 8.19. The molecule has 4 heteroatoms. The first-order valence-corrected chi connectivity index (χ1v) is 15.3. The van der Waals surface area contributed by atoms with Crippen LogP contribution in [0.25, 0.3) is 78.4 Å². The molecule has 0 radical (unpaired) electrons. The van der Waals surface area contributed by atoms with Gasteiger partial charge in [-0.05, 0) is 39.8 Å². The smallest absolute Gasteiger partial charge is 0.164 e. The standard InChI is InChI=1S/C42H28N4/c1-3-12-29(13-4-1)30-22-24-32(25-23-30)40-44-41(46-42(45-40)38-21-10-9-20-37(38)31-14-5-2-6-15-31)35-19-11-18-34(26-35)39-27-33-16-7-8-17-36(33)28-43-39/h1-28H. The molecule has 8 rings (SSSR count). The van der Waals surface area contributed by atoms with Crippen molar-refractivity contribution in [3.05, 3.63) is 170 Å². The SMILES string of the molecule is c1ccc(-c2ccc(-c3nc(-c4cccc(-c5cc6ccccc6cn5)c4)nc(-c4ccccc4-c4ccccc4)n3)cc2)cc1. The summed E-state index contributed by atoms with van der Waals surface area (Å²) in [5.74, 6) is 1.86. The van der Waals surface area contributed by atoms with Crippen LogP contribution in [0.4, 0.5) is 0 Å². The molecule has 4 nitrogen and oxygen atoms in total. The molecule has 0 amide bonds. The molecule has 0 saturated heterocycles. The molecule has 46 heavy (non-hydrogen) atoms. The van der Waals surface area contributed by atoms with Crippen molar-refractivity contribution in [2.24, 2.45) is 0 Å². The molecule has 216 valence electrons. The molecule has 0 aliphatic carbocycles. The van der Waals surface area contributed by atoms with Crippen molar-refractivity contribution in [1.82, 2.24) is 19.9 Å². The highest BCUT2D eigenvalue weighted by Crippen LogP contribution is 2.33. The number of fused-ring (bicyclic) bond motifs is 1. The number of hydrogen-bond donors (Lipinski definition) is 0. The molecule has 0 N–H and O–H groups in total. The minimum Gasteiger partial charge on any atom is -0.256 e. The van der Waals surface area contributed by atoms with Gasteiger partial charge in [0.25, 0.3) is 0 Å². The summed E-state index contributed by atoms with van der Waals surface area (Å²) in [4.78, 5) is 20.0. The molecule has 0 bridgehead atoms. The van der Waals surface area contributed by atoms with Gasteiger partial charge in [-0.15, -0.1) is 0 Å². The Morgan fingerprint density at radius 1 is 0.304 bits per heavy atom. The van der Waals surface area contributed by atoms with Crippen LogP contribution in [0.15, 0.2) is 170 Å². The maximum absolute atomic E-state index is 5.09. The van der Waals surface area contributed by atoms with E-state index in [4.69, 9.17) is 19.9 Å². The van der Waals surface area contributed by atoms with Gasteiger partial charge in [0.15, 0.2) is 17.5 Å². The van der Waals surface area contributed by atoms with Gasteiger partial charge >= 0.3 is 0 Å². The normalized spacial score (nSPS) is 11.0. The van der Waals surface area contributed by atoms with Gasteiger partial charge < -0.3 is 0 Å². The number of nitrogens with zero attached hydrogens (tertiary/aromatic N) is 4. The predicted molar refractivity (Wildman–Crippen MR) is 188 cm³/mol. The molecule has 2 aromatic heterocycles. The van der Waals surface area contributed by atoms with Gasteiger partial charge in [0.05, 0.1) is 5.69 Å². The predicted octanol–water partition coefficient (Wildman–Crippen LogP) is 10.4. The zero-order valence-corrected chi connectivity index (χ0v) is 25.0. The van der Waals surface area contributed by atoms with E-state index in [0.717, 1.165) is 55.4 Å². The number of hydrogen-bond acceptors (Lipinski definition) is 4. The van der Waals surface area contributed by atoms with Crippen LogP contribution in [0.1, 0.15) is 0 Å². The molecular weight excluding hydrogens is 560 g/mol. The highest BCUT2D eigenvalue weighted by Gasteiger charge is 2.16. The van der Waals surface area contributed by atoms with E-state index in [2.05, 4.69) is 133 Å². The monoisotopic (exact) mass is 588 g/mol. The Balaban J connectivity index is 1.27. The Labute approximate surface area is 267 Å². The minimum absolute atomic E-state index is 0.609. The second kappa shape index (κ2) is 12.0. The summed E-state index contributed by atoms with van der Waals surface area (Å²) in [6.45, 7) is 0. The number of aromatic nitrogens is 4. The maximum atomic E-state index is 5.09. The van der Waals surface area contributed by atoms with Gasteiger partial charge in [-0.2, -0.15) is 0 Å². The van der Waals surface area contributed by atoms with Gasteiger partial charge in [0, 0.05) is 33.8 Å². The summed E-state index contributed by atoms with van der Waals surface area (Å²) in [5, 5.41) is 2.27. The summed E-state index contributed by atoms with van der Waals surface area (Å²) < 4.78 is 0. The Hall–Kier alpha value is -6.26. The van der Waals surface area contributed by atoms with Crippen LogP contribution in [0, 0.1) is 0 Å². The number of pyridine rings is 1. The summed E-state index contributed by atoms with van der Waals surface area (Å²) in [7, 11) is 0. The van der Waals surface area contributed by atoms with Crippen molar-refractivity contribution >= 4 is 10.8 Å². The van der Waals surface area contributed by atoms with Crippen molar-refractivity contribution in [3.63, 3.8) is 0 Å². The zero-order valence-electron chi connectivity index (χ0n) is 25.0. The van der Waals surface area contributed by atoms with Crippen molar-refractivity contribution in [3.8, 4) is 67.7 Å². The lowest BCUT2D eigenvalue weighted by Gasteiger charge is -2.13. The van der Waals surface area contributed by atoms with Gasteiger partial charge in [0.2, 0.25) is 0 Å². The summed E-state index contributed by atoms with van der Waals surface area (Å²) in [6.07, 6.45) is 1.93.